The van der Waals surface area contributed by atoms with Crippen molar-refractivity contribution in [3.63, 3.8) is 0 Å². The summed E-state index contributed by atoms with van der Waals surface area (Å²) in [6, 6.07) is 8.00. The van der Waals surface area contributed by atoms with Crippen molar-refractivity contribution in [3.05, 3.63) is 69.2 Å². The number of halogens is 4. The van der Waals surface area contributed by atoms with E-state index in [1.807, 2.05) is 0 Å². The van der Waals surface area contributed by atoms with Crippen LogP contribution in [0, 0.1) is 11.6 Å². The highest BCUT2D eigenvalue weighted by molar-refractivity contribution is 6.42. The Bertz CT molecular complexity index is 600. The first kappa shape index (κ1) is 15.2. The second-order valence-corrected chi connectivity index (χ2v) is 5.12. The molecule has 0 heterocycles. The average Bonchev–Trinajstić information content (AvgIpc) is 2.39. The van der Waals surface area contributed by atoms with Crippen LogP contribution < -0.4 is 11.3 Å². The predicted molar refractivity (Wildman–Crippen MR) is 76.6 cm³/mol. The molecule has 0 saturated heterocycles. The third-order valence-electron chi connectivity index (χ3n) is 2.94. The largest absolute Gasteiger partial charge is 0.271 e. The van der Waals surface area contributed by atoms with E-state index in [0.717, 1.165) is 11.6 Å². The molecule has 0 bridgehead atoms. The molecule has 0 saturated carbocycles. The third kappa shape index (κ3) is 3.46. The van der Waals surface area contributed by atoms with Gasteiger partial charge in [-0.1, -0.05) is 35.3 Å². The van der Waals surface area contributed by atoms with Crippen molar-refractivity contribution < 1.29 is 8.78 Å². The Hall–Kier alpha value is -1.20. The molecule has 0 fully saturated rings. The molecule has 0 aliphatic carbocycles. The summed E-state index contributed by atoms with van der Waals surface area (Å²) < 4.78 is 26.5. The van der Waals surface area contributed by atoms with Crippen LogP contribution in [0.15, 0.2) is 36.4 Å². The standard InChI is InChI=1S/C14H12Cl2F2N2/c15-12-3-1-2-8(14(12)16)6-13(20-19)9-4-10(17)7-11(18)5-9/h1-5,7,13,20H,6,19H2. The Kier molecular flexibility index (Phi) is 4.94. The minimum Gasteiger partial charge on any atom is -0.271 e. The van der Waals surface area contributed by atoms with Gasteiger partial charge in [-0.2, -0.15) is 0 Å². The molecule has 2 rings (SSSR count). The summed E-state index contributed by atoms with van der Waals surface area (Å²) in [5.74, 6) is 4.16. The van der Waals surface area contributed by atoms with E-state index in [9.17, 15) is 8.78 Å². The highest BCUT2D eigenvalue weighted by atomic mass is 35.5. The summed E-state index contributed by atoms with van der Waals surface area (Å²) in [6.45, 7) is 0. The summed E-state index contributed by atoms with van der Waals surface area (Å²) in [5, 5.41) is 0.830. The summed E-state index contributed by atoms with van der Waals surface area (Å²) in [4.78, 5) is 0. The van der Waals surface area contributed by atoms with E-state index < -0.39 is 17.7 Å². The first-order chi connectivity index (χ1) is 9.51. The van der Waals surface area contributed by atoms with Crippen LogP contribution in [0.2, 0.25) is 10.0 Å². The molecule has 0 radical (unpaired) electrons. The Morgan fingerprint density at radius 1 is 1.10 bits per heavy atom. The van der Waals surface area contributed by atoms with Crippen molar-refractivity contribution >= 4 is 23.2 Å². The molecular formula is C14H12Cl2F2N2. The highest BCUT2D eigenvalue weighted by Gasteiger charge is 2.15. The normalized spacial score (nSPS) is 12.4. The molecule has 0 aliphatic rings. The summed E-state index contributed by atoms with van der Waals surface area (Å²) in [5.41, 5.74) is 3.68. The van der Waals surface area contributed by atoms with Crippen LogP contribution in [0.4, 0.5) is 8.78 Å². The molecule has 20 heavy (non-hydrogen) atoms. The van der Waals surface area contributed by atoms with Crippen molar-refractivity contribution in [2.24, 2.45) is 5.84 Å². The third-order valence-corrected chi connectivity index (χ3v) is 3.80. The minimum absolute atomic E-state index is 0.360. The number of hydrogen-bond donors (Lipinski definition) is 2. The fraction of sp³-hybridized carbons (Fsp3) is 0.143. The zero-order chi connectivity index (χ0) is 14.7. The van der Waals surface area contributed by atoms with Gasteiger partial charge < -0.3 is 0 Å². The summed E-state index contributed by atoms with van der Waals surface area (Å²) in [7, 11) is 0. The molecule has 2 nitrogen and oxygen atoms in total. The number of hydrogen-bond acceptors (Lipinski definition) is 2. The molecule has 3 N–H and O–H groups in total. The number of hydrazine groups is 1. The van der Waals surface area contributed by atoms with Gasteiger partial charge in [0.05, 0.1) is 16.1 Å². The van der Waals surface area contributed by atoms with E-state index in [0.29, 0.717) is 22.0 Å². The van der Waals surface area contributed by atoms with Crippen molar-refractivity contribution in [1.82, 2.24) is 5.43 Å². The zero-order valence-corrected chi connectivity index (χ0v) is 11.8. The van der Waals surface area contributed by atoms with Crippen LogP contribution in [0.1, 0.15) is 17.2 Å². The number of nitrogens with two attached hydrogens (primary N) is 1. The fourth-order valence-corrected chi connectivity index (χ4v) is 2.37. The lowest BCUT2D eigenvalue weighted by Gasteiger charge is -2.17. The van der Waals surface area contributed by atoms with Crippen LogP contribution >= 0.6 is 23.2 Å². The van der Waals surface area contributed by atoms with Gasteiger partial charge in [-0.25, -0.2) is 8.78 Å². The number of rotatable bonds is 4. The lowest BCUT2D eigenvalue weighted by Crippen LogP contribution is -2.29. The molecule has 2 aromatic carbocycles. The van der Waals surface area contributed by atoms with E-state index in [1.165, 1.54) is 12.1 Å². The second kappa shape index (κ2) is 6.50. The molecular weight excluding hydrogens is 305 g/mol. The van der Waals surface area contributed by atoms with Crippen LogP contribution in [0.5, 0.6) is 0 Å². The maximum atomic E-state index is 13.3. The van der Waals surface area contributed by atoms with Crippen molar-refractivity contribution in [2.45, 2.75) is 12.5 Å². The van der Waals surface area contributed by atoms with Crippen LogP contribution in [0.25, 0.3) is 0 Å². The molecule has 0 aliphatic heterocycles. The Morgan fingerprint density at radius 3 is 2.35 bits per heavy atom. The van der Waals surface area contributed by atoms with Crippen LogP contribution in [0.3, 0.4) is 0 Å². The maximum Gasteiger partial charge on any atom is 0.126 e. The Morgan fingerprint density at radius 2 is 1.75 bits per heavy atom. The summed E-state index contributed by atoms with van der Waals surface area (Å²) >= 11 is 12.0. The smallest absolute Gasteiger partial charge is 0.126 e. The van der Waals surface area contributed by atoms with Crippen molar-refractivity contribution in [1.29, 1.82) is 0 Å². The van der Waals surface area contributed by atoms with E-state index in [1.54, 1.807) is 18.2 Å². The van der Waals surface area contributed by atoms with E-state index in [-0.39, 0.29) is 0 Å². The van der Waals surface area contributed by atoms with Gasteiger partial charge in [0.25, 0.3) is 0 Å². The van der Waals surface area contributed by atoms with Gasteiger partial charge in [0.2, 0.25) is 0 Å². The summed E-state index contributed by atoms with van der Waals surface area (Å²) in [6.07, 6.45) is 0.360. The van der Waals surface area contributed by atoms with Crippen molar-refractivity contribution in [2.75, 3.05) is 0 Å². The molecule has 6 heteroatoms. The van der Waals surface area contributed by atoms with Gasteiger partial charge in [0.15, 0.2) is 0 Å². The van der Waals surface area contributed by atoms with Gasteiger partial charge in [-0.3, -0.25) is 11.3 Å². The minimum atomic E-state index is -0.655. The van der Waals surface area contributed by atoms with Gasteiger partial charge in [0, 0.05) is 6.07 Å². The van der Waals surface area contributed by atoms with Crippen LogP contribution in [-0.2, 0) is 6.42 Å². The molecule has 106 valence electrons. The molecule has 0 spiro atoms. The van der Waals surface area contributed by atoms with Gasteiger partial charge in [0.1, 0.15) is 11.6 Å². The lowest BCUT2D eigenvalue weighted by atomic mass is 9.99. The maximum absolute atomic E-state index is 13.3. The second-order valence-electron chi connectivity index (χ2n) is 4.34. The Labute approximate surface area is 125 Å². The van der Waals surface area contributed by atoms with Gasteiger partial charge >= 0.3 is 0 Å². The Balaban J connectivity index is 2.31. The fourth-order valence-electron chi connectivity index (χ4n) is 1.98. The first-order valence-corrected chi connectivity index (χ1v) is 6.62. The molecule has 1 unspecified atom stereocenters. The molecule has 0 amide bonds. The number of nitrogens with one attached hydrogen (secondary N) is 1. The zero-order valence-electron chi connectivity index (χ0n) is 10.3. The van der Waals surface area contributed by atoms with E-state index in [2.05, 4.69) is 5.43 Å². The van der Waals surface area contributed by atoms with Crippen molar-refractivity contribution in [3.8, 4) is 0 Å². The molecule has 2 aromatic rings. The average molecular weight is 317 g/mol. The van der Waals surface area contributed by atoms with Gasteiger partial charge in [-0.15, -0.1) is 0 Å². The highest BCUT2D eigenvalue weighted by Crippen LogP contribution is 2.29. The quantitative estimate of drug-likeness (QED) is 0.660. The first-order valence-electron chi connectivity index (χ1n) is 5.86. The van der Waals surface area contributed by atoms with Gasteiger partial charge in [-0.05, 0) is 35.7 Å². The number of benzene rings is 2. The molecule has 1 atom stereocenters. The van der Waals surface area contributed by atoms with E-state index in [4.69, 9.17) is 29.0 Å². The lowest BCUT2D eigenvalue weighted by molar-refractivity contribution is 0.530. The molecule has 0 aromatic heterocycles. The predicted octanol–water partition coefficient (Wildman–Crippen LogP) is 4.02. The SMILES string of the molecule is NNC(Cc1cccc(Cl)c1Cl)c1cc(F)cc(F)c1. The topological polar surface area (TPSA) is 38.0 Å². The monoisotopic (exact) mass is 316 g/mol. The van der Waals surface area contributed by atoms with Crippen LogP contribution in [-0.4, -0.2) is 0 Å². The van der Waals surface area contributed by atoms with E-state index >= 15 is 0 Å².